The van der Waals surface area contributed by atoms with Crippen LogP contribution in [0.1, 0.15) is 33.6 Å². The van der Waals surface area contributed by atoms with Crippen LogP contribution in [0.5, 0.6) is 0 Å². The van der Waals surface area contributed by atoms with Crippen molar-refractivity contribution in [2.45, 2.75) is 51.9 Å². The minimum absolute atomic E-state index is 0.0684. The smallest absolute Gasteiger partial charge is 0.239 e. The summed E-state index contributed by atoms with van der Waals surface area (Å²) in [6, 6.07) is -0.340. The minimum Gasteiger partial charge on any atom is -0.372 e. The van der Waals surface area contributed by atoms with Crippen LogP contribution in [0.15, 0.2) is 0 Å². The number of morpholine rings is 1. The summed E-state index contributed by atoms with van der Waals surface area (Å²) in [5.41, 5.74) is 5.82. The zero-order valence-corrected chi connectivity index (χ0v) is 9.90. The average molecular weight is 214 g/mol. The second kappa shape index (κ2) is 5.47. The molecule has 0 aromatic carbocycles. The number of carbonyl (C=O) groups is 1. The molecule has 88 valence electrons. The molecule has 2 unspecified atom stereocenters. The van der Waals surface area contributed by atoms with Crippen LogP contribution < -0.4 is 5.73 Å². The molecule has 0 spiro atoms. The first-order chi connectivity index (χ1) is 7.04. The van der Waals surface area contributed by atoms with Crippen molar-refractivity contribution < 1.29 is 9.53 Å². The van der Waals surface area contributed by atoms with Gasteiger partial charge in [-0.1, -0.05) is 13.3 Å². The summed E-state index contributed by atoms with van der Waals surface area (Å²) in [5.74, 6) is 0.0684. The fourth-order valence-corrected chi connectivity index (χ4v) is 2.03. The molecular formula is C11H22N2O2. The second-order valence-electron chi connectivity index (χ2n) is 4.40. The molecule has 4 heteroatoms. The van der Waals surface area contributed by atoms with E-state index >= 15 is 0 Å². The molecule has 1 aliphatic rings. The monoisotopic (exact) mass is 214 g/mol. The van der Waals surface area contributed by atoms with Gasteiger partial charge in [0.2, 0.25) is 5.91 Å². The Morgan fingerprint density at radius 2 is 2.00 bits per heavy atom. The molecule has 1 rings (SSSR count). The molecule has 1 saturated heterocycles. The second-order valence-corrected chi connectivity index (χ2v) is 4.40. The van der Waals surface area contributed by atoms with Crippen LogP contribution >= 0.6 is 0 Å². The van der Waals surface area contributed by atoms with Gasteiger partial charge >= 0.3 is 0 Å². The van der Waals surface area contributed by atoms with Gasteiger partial charge in [0.1, 0.15) is 0 Å². The van der Waals surface area contributed by atoms with Crippen molar-refractivity contribution in [2.24, 2.45) is 5.73 Å². The minimum atomic E-state index is -0.340. The predicted octanol–water partition coefficient (Wildman–Crippen LogP) is 0.750. The first-order valence-electron chi connectivity index (χ1n) is 5.74. The molecule has 0 aromatic heterocycles. The molecule has 3 atom stereocenters. The van der Waals surface area contributed by atoms with Gasteiger partial charge in [0.25, 0.3) is 0 Å². The SMILES string of the molecule is CCC[C@@H](N)C(=O)N1CC(C)OC(C)C1. The number of amides is 1. The van der Waals surface area contributed by atoms with Crippen LogP contribution in [0, 0.1) is 0 Å². The van der Waals surface area contributed by atoms with Crippen LogP contribution in [-0.4, -0.2) is 42.1 Å². The van der Waals surface area contributed by atoms with E-state index in [1.54, 1.807) is 0 Å². The maximum absolute atomic E-state index is 11.9. The quantitative estimate of drug-likeness (QED) is 0.754. The molecule has 0 aromatic rings. The summed E-state index contributed by atoms with van der Waals surface area (Å²) in [4.78, 5) is 13.8. The molecule has 2 N–H and O–H groups in total. The maximum atomic E-state index is 11.9. The van der Waals surface area contributed by atoms with E-state index in [0.29, 0.717) is 13.1 Å². The van der Waals surface area contributed by atoms with E-state index in [2.05, 4.69) is 0 Å². The summed E-state index contributed by atoms with van der Waals surface area (Å²) in [7, 11) is 0. The molecular weight excluding hydrogens is 192 g/mol. The van der Waals surface area contributed by atoms with Crippen LogP contribution in [-0.2, 0) is 9.53 Å². The lowest BCUT2D eigenvalue weighted by Gasteiger charge is -2.36. The zero-order valence-electron chi connectivity index (χ0n) is 9.90. The van der Waals surface area contributed by atoms with Crippen LogP contribution in [0.25, 0.3) is 0 Å². The third kappa shape index (κ3) is 3.47. The Hall–Kier alpha value is -0.610. The van der Waals surface area contributed by atoms with Crippen LogP contribution in [0.3, 0.4) is 0 Å². The van der Waals surface area contributed by atoms with Gasteiger partial charge in [-0.2, -0.15) is 0 Å². The number of ether oxygens (including phenoxy) is 1. The lowest BCUT2D eigenvalue weighted by Crippen LogP contribution is -2.53. The van der Waals surface area contributed by atoms with Crippen molar-refractivity contribution in [3.63, 3.8) is 0 Å². The summed E-state index contributed by atoms with van der Waals surface area (Å²) >= 11 is 0. The van der Waals surface area contributed by atoms with E-state index in [0.717, 1.165) is 12.8 Å². The highest BCUT2D eigenvalue weighted by Crippen LogP contribution is 2.12. The van der Waals surface area contributed by atoms with Gasteiger partial charge in [0.05, 0.1) is 18.2 Å². The highest BCUT2D eigenvalue weighted by molar-refractivity contribution is 5.81. The molecule has 1 aliphatic heterocycles. The van der Waals surface area contributed by atoms with Crippen LogP contribution in [0.2, 0.25) is 0 Å². The van der Waals surface area contributed by atoms with Crippen molar-refractivity contribution >= 4 is 5.91 Å². The molecule has 1 heterocycles. The molecule has 0 saturated carbocycles. The van der Waals surface area contributed by atoms with Gasteiger partial charge in [-0.3, -0.25) is 4.79 Å². The van der Waals surface area contributed by atoms with E-state index in [9.17, 15) is 4.79 Å². The highest BCUT2D eigenvalue weighted by atomic mass is 16.5. The largest absolute Gasteiger partial charge is 0.372 e. The number of carbonyl (C=O) groups excluding carboxylic acids is 1. The van der Waals surface area contributed by atoms with E-state index in [4.69, 9.17) is 10.5 Å². The van der Waals surface area contributed by atoms with Crippen LogP contribution in [0.4, 0.5) is 0 Å². The summed E-state index contributed by atoms with van der Waals surface area (Å²) in [6.07, 6.45) is 1.94. The third-order valence-corrected chi connectivity index (χ3v) is 2.65. The van der Waals surface area contributed by atoms with E-state index in [1.165, 1.54) is 0 Å². The van der Waals surface area contributed by atoms with Crippen molar-refractivity contribution in [2.75, 3.05) is 13.1 Å². The number of nitrogens with two attached hydrogens (primary N) is 1. The predicted molar refractivity (Wildman–Crippen MR) is 59.5 cm³/mol. The number of hydrogen-bond acceptors (Lipinski definition) is 3. The fraction of sp³-hybridized carbons (Fsp3) is 0.909. The normalized spacial score (nSPS) is 28.9. The van der Waals surface area contributed by atoms with Gasteiger partial charge in [0, 0.05) is 13.1 Å². The van der Waals surface area contributed by atoms with Crippen molar-refractivity contribution in [1.82, 2.24) is 4.90 Å². The highest BCUT2D eigenvalue weighted by Gasteiger charge is 2.28. The van der Waals surface area contributed by atoms with Crippen molar-refractivity contribution in [1.29, 1.82) is 0 Å². The first kappa shape index (κ1) is 12.5. The van der Waals surface area contributed by atoms with E-state index in [-0.39, 0.29) is 24.2 Å². The van der Waals surface area contributed by atoms with Crippen molar-refractivity contribution in [3.05, 3.63) is 0 Å². The van der Waals surface area contributed by atoms with Crippen molar-refractivity contribution in [3.8, 4) is 0 Å². The Morgan fingerprint density at radius 3 is 2.47 bits per heavy atom. The number of rotatable bonds is 3. The van der Waals surface area contributed by atoms with Gasteiger partial charge < -0.3 is 15.4 Å². The molecule has 0 bridgehead atoms. The first-order valence-corrected chi connectivity index (χ1v) is 5.74. The Morgan fingerprint density at radius 1 is 1.47 bits per heavy atom. The maximum Gasteiger partial charge on any atom is 0.239 e. The topological polar surface area (TPSA) is 55.6 Å². The van der Waals surface area contributed by atoms with Gasteiger partial charge in [0.15, 0.2) is 0 Å². The van der Waals surface area contributed by atoms with E-state index in [1.807, 2.05) is 25.7 Å². The average Bonchev–Trinajstić information content (AvgIpc) is 2.15. The summed E-state index contributed by atoms with van der Waals surface area (Å²) in [6.45, 7) is 7.35. The van der Waals surface area contributed by atoms with E-state index < -0.39 is 0 Å². The molecule has 4 nitrogen and oxygen atoms in total. The molecule has 1 fully saturated rings. The Balaban J connectivity index is 2.51. The number of hydrogen-bond donors (Lipinski definition) is 1. The summed E-state index contributed by atoms with van der Waals surface area (Å²) < 4.78 is 5.57. The third-order valence-electron chi connectivity index (χ3n) is 2.65. The number of nitrogens with zero attached hydrogens (tertiary/aromatic N) is 1. The van der Waals surface area contributed by atoms with Gasteiger partial charge in [-0.25, -0.2) is 0 Å². The lowest BCUT2D eigenvalue weighted by molar-refractivity contribution is -0.144. The lowest BCUT2D eigenvalue weighted by atomic mass is 10.1. The Labute approximate surface area is 91.8 Å². The summed E-state index contributed by atoms with van der Waals surface area (Å²) in [5, 5.41) is 0. The fourth-order valence-electron chi connectivity index (χ4n) is 2.03. The molecule has 1 amide bonds. The molecule has 15 heavy (non-hydrogen) atoms. The molecule has 0 aliphatic carbocycles. The zero-order chi connectivity index (χ0) is 11.4. The standard InChI is InChI=1S/C11H22N2O2/c1-4-5-10(12)11(14)13-6-8(2)15-9(3)7-13/h8-10H,4-7,12H2,1-3H3/t8?,9?,10-/m1/s1. The Kier molecular flexibility index (Phi) is 4.54. The molecule has 0 radical (unpaired) electrons. The van der Waals surface area contributed by atoms with Gasteiger partial charge in [-0.15, -0.1) is 0 Å². The Bertz CT molecular complexity index is 211. The van der Waals surface area contributed by atoms with Gasteiger partial charge in [-0.05, 0) is 20.3 Å².